The zero-order valence-electron chi connectivity index (χ0n) is 8.96. The Balaban J connectivity index is -0.000000218. The first-order valence-corrected chi connectivity index (χ1v) is 4.13. The summed E-state index contributed by atoms with van der Waals surface area (Å²) < 4.78 is 0. The van der Waals surface area contributed by atoms with Crippen LogP contribution < -0.4 is 6.15 Å². The quantitative estimate of drug-likeness (QED) is 0.435. The maximum atomic E-state index is 9.64. The zero-order valence-corrected chi connectivity index (χ0v) is 8.96. The lowest BCUT2D eigenvalue weighted by atomic mass is 10.3. The van der Waals surface area contributed by atoms with Gasteiger partial charge < -0.3 is 26.6 Å². The molecule has 9 heteroatoms. The molecule has 0 saturated carbocycles. The van der Waals surface area contributed by atoms with E-state index in [9.17, 15) is 19.2 Å². The molecule has 0 aromatic heterocycles. The normalized spacial score (nSPS) is 8.00. The number of aliphatic carboxylic acids is 4. The molecular weight excluding hydrogens is 238 g/mol. The van der Waals surface area contributed by atoms with Crippen LogP contribution in [-0.2, 0) is 19.2 Å². The molecule has 0 aliphatic rings. The van der Waals surface area contributed by atoms with E-state index in [1.54, 1.807) is 0 Å². The first-order chi connectivity index (χ1) is 7.25. The molecule has 0 aliphatic carbocycles. The summed E-state index contributed by atoms with van der Waals surface area (Å²) in [5.74, 6) is -4.31. The van der Waals surface area contributed by atoms with Crippen LogP contribution in [-0.4, -0.2) is 44.3 Å². The number of carboxylic acid groups (broad SMARTS) is 4. The van der Waals surface area contributed by atoms with Crippen molar-refractivity contribution in [3.05, 3.63) is 0 Å². The van der Waals surface area contributed by atoms with Gasteiger partial charge in [-0.2, -0.15) is 0 Å². The fourth-order valence-electron chi connectivity index (χ4n) is 0.428. The summed E-state index contributed by atoms with van der Waals surface area (Å²) in [6.45, 7) is 0. The van der Waals surface area contributed by atoms with Crippen molar-refractivity contribution < 1.29 is 39.6 Å². The summed E-state index contributed by atoms with van der Waals surface area (Å²) in [5, 5.41) is 31.6. The minimum absolute atomic E-state index is 0. The van der Waals surface area contributed by atoms with Crippen molar-refractivity contribution in [1.29, 1.82) is 0 Å². The van der Waals surface area contributed by atoms with E-state index in [4.69, 9.17) is 20.4 Å². The van der Waals surface area contributed by atoms with E-state index in [2.05, 4.69) is 0 Å². The van der Waals surface area contributed by atoms with Gasteiger partial charge >= 0.3 is 23.9 Å². The maximum absolute atomic E-state index is 9.64. The molecular formula is C8H15NO8. The first kappa shape index (κ1) is 20.3. The Morgan fingerprint density at radius 1 is 0.529 bits per heavy atom. The van der Waals surface area contributed by atoms with E-state index in [1.165, 1.54) is 0 Å². The molecule has 0 saturated heterocycles. The molecule has 0 aromatic carbocycles. The molecule has 0 heterocycles. The van der Waals surface area contributed by atoms with Gasteiger partial charge in [0.05, 0.1) is 25.7 Å². The summed E-state index contributed by atoms with van der Waals surface area (Å²) >= 11 is 0. The second-order valence-electron chi connectivity index (χ2n) is 2.57. The standard InChI is InChI=1S/2C4H6O4.H3N/c2*5-3(6)1-2-4(7)8;/h2*1-2H2,(H,5,6)(H,7,8);1H3. The minimum atomic E-state index is -1.08. The van der Waals surface area contributed by atoms with Crippen LogP contribution in [0.15, 0.2) is 0 Å². The van der Waals surface area contributed by atoms with E-state index < -0.39 is 23.9 Å². The second kappa shape index (κ2) is 11.9. The van der Waals surface area contributed by atoms with Gasteiger partial charge in [0.25, 0.3) is 0 Å². The van der Waals surface area contributed by atoms with Crippen LogP contribution in [0, 0.1) is 0 Å². The van der Waals surface area contributed by atoms with Gasteiger partial charge in [0.15, 0.2) is 0 Å². The van der Waals surface area contributed by atoms with E-state index >= 15 is 0 Å². The molecule has 0 aromatic rings. The van der Waals surface area contributed by atoms with Gasteiger partial charge in [-0.3, -0.25) is 19.2 Å². The Bertz CT molecular complexity index is 219. The Morgan fingerprint density at radius 2 is 0.647 bits per heavy atom. The van der Waals surface area contributed by atoms with Crippen LogP contribution in [0.1, 0.15) is 25.7 Å². The summed E-state index contributed by atoms with van der Waals surface area (Å²) in [7, 11) is 0. The van der Waals surface area contributed by atoms with Crippen molar-refractivity contribution in [3.8, 4) is 0 Å². The molecule has 0 radical (unpaired) electrons. The fourth-order valence-corrected chi connectivity index (χ4v) is 0.428. The molecule has 0 spiro atoms. The molecule has 7 N–H and O–H groups in total. The molecule has 0 rings (SSSR count). The number of hydrogen-bond acceptors (Lipinski definition) is 5. The molecule has 0 unspecified atom stereocenters. The largest absolute Gasteiger partial charge is 0.481 e. The summed E-state index contributed by atoms with van der Waals surface area (Å²) in [6, 6.07) is 0. The molecule has 100 valence electrons. The summed E-state index contributed by atoms with van der Waals surface area (Å²) in [5.41, 5.74) is 0. The Morgan fingerprint density at radius 3 is 0.706 bits per heavy atom. The fraction of sp³-hybridized carbons (Fsp3) is 0.500. The van der Waals surface area contributed by atoms with Crippen LogP contribution in [0.2, 0.25) is 0 Å². The first-order valence-electron chi connectivity index (χ1n) is 4.13. The van der Waals surface area contributed by atoms with E-state index in [0.717, 1.165) is 0 Å². The van der Waals surface area contributed by atoms with Gasteiger partial charge in [-0.1, -0.05) is 0 Å². The average Bonchev–Trinajstić information content (AvgIpc) is 2.12. The lowest BCUT2D eigenvalue weighted by Gasteiger charge is -1.85. The highest BCUT2D eigenvalue weighted by Gasteiger charge is 2.00. The van der Waals surface area contributed by atoms with Crippen LogP contribution in [0.4, 0.5) is 0 Å². The predicted octanol–water partition coefficient (Wildman–Crippen LogP) is 0.0336. The summed E-state index contributed by atoms with van der Waals surface area (Å²) in [4.78, 5) is 38.6. The SMILES string of the molecule is N.O=C(O)CCC(=O)O.O=C(O)CCC(=O)O. The summed E-state index contributed by atoms with van der Waals surface area (Å²) in [6.07, 6.45) is -1.19. The van der Waals surface area contributed by atoms with Crippen LogP contribution >= 0.6 is 0 Å². The molecule has 17 heavy (non-hydrogen) atoms. The van der Waals surface area contributed by atoms with Crippen LogP contribution in [0.5, 0.6) is 0 Å². The molecule has 9 nitrogen and oxygen atoms in total. The highest BCUT2D eigenvalue weighted by atomic mass is 16.4. The van der Waals surface area contributed by atoms with Gasteiger partial charge in [0.2, 0.25) is 0 Å². The molecule has 0 fully saturated rings. The Hall–Kier alpha value is -2.16. The van der Waals surface area contributed by atoms with Gasteiger partial charge in [-0.15, -0.1) is 0 Å². The predicted molar refractivity (Wildman–Crippen MR) is 54.0 cm³/mol. The van der Waals surface area contributed by atoms with E-state index in [-0.39, 0.29) is 31.8 Å². The van der Waals surface area contributed by atoms with E-state index in [1.807, 2.05) is 0 Å². The monoisotopic (exact) mass is 253 g/mol. The van der Waals surface area contributed by atoms with Gasteiger partial charge in [-0.25, -0.2) is 0 Å². The topological polar surface area (TPSA) is 184 Å². The lowest BCUT2D eigenvalue weighted by Crippen LogP contribution is -2.00. The van der Waals surface area contributed by atoms with Gasteiger partial charge in [-0.05, 0) is 0 Å². The van der Waals surface area contributed by atoms with Crippen molar-refractivity contribution in [2.24, 2.45) is 0 Å². The lowest BCUT2D eigenvalue weighted by molar-refractivity contribution is -0.143. The third-order valence-corrected chi connectivity index (χ3v) is 1.11. The second-order valence-corrected chi connectivity index (χ2v) is 2.57. The zero-order chi connectivity index (χ0) is 13.1. The average molecular weight is 253 g/mol. The van der Waals surface area contributed by atoms with Crippen molar-refractivity contribution in [3.63, 3.8) is 0 Å². The Labute approximate surface area is 96.3 Å². The van der Waals surface area contributed by atoms with Crippen LogP contribution in [0.3, 0.4) is 0 Å². The molecule has 0 aliphatic heterocycles. The molecule has 0 atom stereocenters. The van der Waals surface area contributed by atoms with Crippen molar-refractivity contribution in [2.45, 2.75) is 25.7 Å². The third kappa shape index (κ3) is 31.6. The van der Waals surface area contributed by atoms with Crippen molar-refractivity contribution >= 4 is 23.9 Å². The van der Waals surface area contributed by atoms with Gasteiger partial charge in [0, 0.05) is 0 Å². The number of carboxylic acids is 4. The highest BCUT2D eigenvalue weighted by Crippen LogP contribution is 1.86. The van der Waals surface area contributed by atoms with Crippen LogP contribution in [0.25, 0.3) is 0 Å². The Kier molecular flexibility index (Phi) is 14.2. The minimum Gasteiger partial charge on any atom is -0.481 e. The maximum Gasteiger partial charge on any atom is 0.303 e. The number of rotatable bonds is 6. The number of hydrogen-bond donors (Lipinski definition) is 5. The molecule has 0 bridgehead atoms. The number of carbonyl (C=O) groups is 4. The molecule has 0 amide bonds. The highest BCUT2D eigenvalue weighted by molar-refractivity contribution is 5.75. The van der Waals surface area contributed by atoms with Crippen molar-refractivity contribution in [2.75, 3.05) is 0 Å². The smallest absolute Gasteiger partial charge is 0.303 e. The third-order valence-electron chi connectivity index (χ3n) is 1.11. The van der Waals surface area contributed by atoms with E-state index in [0.29, 0.717) is 0 Å². The van der Waals surface area contributed by atoms with Gasteiger partial charge in [0.1, 0.15) is 0 Å². The van der Waals surface area contributed by atoms with Crippen molar-refractivity contribution in [1.82, 2.24) is 6.15 Å².